The molecule has 2 aromatic heterocycles. The van der Waals surface area contributed by atoms with Crippen LogP contribution >= 0.6 is 11.3 Å². The number of amides is 1. The number of aryl methyl sites for hydroxylation is 1. The number of carbonyl (C=O) groups excluding carboxylic acids is 1. The van der Waals surface area contributed by atoms with E-state index in [1.807, 2.05) is 29.9 Å². The highest BCUT2D eigenvalue weighted by Gasteiger charge is 2.24. The first-order chi connectivity index (χ1) is 11.1. The van der Waals surface area contributed by atoms with Gasteiger partial charge in [-0.1, -0.05) is 0 Å². The number of hydrogen-bond acceptors (Lipinski definition) is 4. The SMILES string of the molecule is CN(Cc1ccsc1)C(=O)CN1CCC(c2ccnn2C)CC1. The Morgan fingerprint density at radius 2 is 2.17 bits per heavy atom. The first kappa shape index (κ1) is 16.2. The van der Waals surface area contributed by atoms with Crippen molar-refractivity contribution in [2.75, 3.05) is 26.7 Å². The van der Waals surface area contributed by atoms with Gasteiger partial charge in [0.05, 0.1) is 6.54 Å². The van der Waals surface area contributed by atoms with Crippen molar-refractivity contribution in [2.45, 2.75) is 25.3 Å². The molecule has 124 valence electrons. The highest BCUT2D eigenvalue weighted by Crippen LogP contribution is 2.27. The zero-order valence-corrected chi connectivity index (χ0v) is 14.6. The van der Waals surface area contributed by atoms with Gasteiger partial charge < -0.3 is 4.90 Å². The Labute approximate surface area is 141 Å². The summed E-state index contributed by atoms with van der Waals surface area (Å²) in [5.74, 6) is 0.771. The molecule has 2 aromatic rings. The fraction of sp³-hybridized carbons (Fsp3) is 0.529. The lowest BCUT2D eigenvalue weighted by Gasteiger charge is -2.32. The molecular formula is C17H24N4OS. The normalized spacial score (nSPS) is 16.6. The molecule has 1 aliphatic heterocycles. The van der Waals surface area contributed by atoms with E-state index in [1.165, 1.54) is 11.3 Å². The van der Waals surface area contributed by atoms with E-state index in [4.69, 9.17) is 0 Å². The number of aromatic nitrogens is 2. The molecule has 6 heteroatoms. The number of piperidine rings is 1. The molecule has 0 spiro atoms. The van der Waals surface area contributed by atoms with Gasteiger partial charge in [-0.3, -0.25) is 14.4 Å². The topological polar surface area (TPSA) is 41.4 Å². The molecule has 0 N–H and O–H groups in total. The van der Waals surface area contributed by atoms with Crippen molar-refractivity contribution < 1.29 is 4.79 Å². The van der Waals surface area contributed by atoms with Gasteiger partial charge in [-0.15, -0.1) is 0 Å². The van der Waals surface area contributed by atoms with Crippen molar-refractivity contribution in [3.05, 3.63) is 40.3 Å². The van der Waals surface area contributed by atoms with Gasteiger partial charge in [-0.2, -0.15) is 16.4 Å². The summed E-state index contributed by atoms with van der Waals surface area (Å²) in [7, 11) is 3.90. The minimum absolute atomic E-state index is 0.204. The van der Waals surface area contributed by atoms with Crippen LogP contribution in [0.2, 0.25) is 0 Å². The smallest absolute Gasteiger partial charge is 0.236 e. The van der Waals surface area contributed by atoms with Crippen LogP contribution in [0.25, 0.3) is 0 Å². The number of likely N-dealkylation sites (N-methyl/N-ethyl adjacent to an activating group) is 1. The summed E-state index contributed by atoms with van der Waals surface area (Å²) in [4.78, 5) is 16.5. The summed E-state index contributed by atoms with van der Waals surface area (Å²) in [6, 6.07) is 4.19. The maximum Gasteiger partial charge on any atom is 0.236 e. The summed E-state index contributed by atoms with van der Waals surface area (Å²) in [6.07, 6.45) is 4.06. The van der Waals surface area contributed by atoms with Crippen LogP contribution in [0.5, 0.6) is 0 Å². The summed E-state index contributed by atoms with van der Waals surface area (Å²) in [5.41, 5.74) is 2.52. The summed E-state index contributed by atoms with van der Waals surface area (Å²) in [6.45, 7) is 3.19. The first-order valence-electron chi connectivity index (χ1n) is 8.09. The fourth-order valence-corrected chi connectivity index (χ4v) is 3.89. The Balaban J connectivity index is 1.46. The van der Waals surface area contributed by atoms with Crippen LogP contribution in [-0.4, -0.2) is 52.2 Å². The average Bonchev–Trinajstić information content (AvgIpc) is 3.19. The van der Waals surface area contributed by atoms with E-state index in [0.29, 0.717) is 19.0 Å². The van der Waals surface area contributed by atoms with Gasteiger partial charge in [0.2, 0.25) is 5.91 Å². The number of thiophene rings is 1. The van der Waals surface area contributed by atoms with E-state index >= 15 is 0 Å². The third-order valence-corrected chi connectivity index (χ3v) is 5.38. The molecule has 5 nitrogen and oxygen atoms in total. The van der Waals surface area contributed by atoms with E-state index in [1.54, 1.807) is 11.3 Å². The Hall–Kier alpha value is -1.66. The molecule has 1 aliphatic rings. The Morgan fingerprint density at radius 3 is 2.78 bits per heavy atom. The Morgan fingerprint density at radius 1 is 1.39 bits per heavy atom. The maximum atomic E-state index is 12.4. The van der Waals surface area contributed by atoms with Gasteiger partial charge in [0.1, 0.15) is 0 Å². The van der Waals surface area contributed by atoms with Crippen LogP contribution in [0.15, 0.2) is 29.1 Å². The van der Waals surface area contributed by atoms with Gasteiger partial charge in [-0.05, 0) is 54.4 Å². The monoisotopic (exact) mass is 332 g/mol. The Kier molecular flexibility index (Phi) is 5.13. The molecule has 0 atom stereocenters. The van der Waals surface area contributed by atoms with Crippen molar-refractivity contribution in [3.63, 3.8) is 0 Å². The second-order valence-electron chi connectivity index (χ2n) is 6.31. The molecule has 23 heavy (non-hydrogen) atoms. The van der Waals surface area contributed by atoms with Gasteiger partial charge >= 0.3 is 0 Å². The number of nitrogens with zero attached hydrogens (tertiary/aromatic N) is 4. The first-order valence-corrected chi connectivity index (χ1v) is 9.03. The van der Waals surface area contributed by atoms with Gasteiger partial charge in [0, 0.05) is 38.4 Å². The largest absolute Gasteiger partial charge is 0.340 e. The number of hydrogen-bond donors (Lipinski definition) is 0. The van der Waals surface area contributed by atoms with Crippen LogP contribution in [0.1, 0.15) is 30.0 Å². The number of rotatable bonds is 5. The van der Waals surface area contributed by atoms with Crippen LogP contribution in [0.4, 0.5) is 0 Å². The van der Waals surface area contributed by atoms with Gasteiger partial charge in [0.25, 0.3) is 0 Å². The molecule has 1 saturated heterocycles. The lowest BCUT2D eigenvalue weighted by atomic mass is 9.93. The standard InChI is InChI=1S/C17H24N4OS/c1-19(11-14-6-10-23-13-14)17(22)12-21-8-4-15(5-9-21)16-3-7-18-20(16)2/h3,6-7,10,13,15H,4-5,8-9,11-12H2,1-2H3. The van der Waals surface area contributed by atoms with Crippen LogP contribution in [0, 0.1) is 0 Å². The lowest BCUT2D eigenvalue weighted by molar-refractivity contribution is -0.131. The predicted octanol–water partition coefficient (Wildman–Crippen LogP) is 2.32. The number of carbonyl (C=O) groups is 1. The maximum absolute atomic E-state index is 12.4. The van der Waals surface area contributed by atoms with E-state index < -0.39 is 0 Å². The van der Waals surface area contributed by atoms with Crippen molar-refractivity contribution in [3.8, 4) is 0 Å². The van der Waals surface area contributed by atoms with Crippen LogP contribution < -0.4 is 0 Å². The molecule has 0 saturated carbocycles. The summed E-state index contributed by atoms with van der Waals surface area (Å²) < 4.78 is 1.97. The third kappa shape index (κ3) is 4.00. The van der Waals surface area contributed by atoms with E-state index in [0.717, 1.165) is 25.9 Å². The molecule has 1 amide bonds. The molecule has 3 rings (SSSR count). The molecule has 3 heterocycles. The Bertz CT molecular complexity index is 629. The lowest BCUT2D eigenvalue weighted by Crippen LogP contribution is -2.41. The van der Waals surface area contributed by atoms with Crippen LogP contribution in [-0.2, 0) is 18.4 Å². The zero-order valence-electron chi connectivity index (χ0n) is 13.8. The molecule has 0 aliphatic carbocycles. The minimum atomic E-state index is 0.204. The zero-order chi connectivity index (χ0) is 16.2. The van der Waals surface area contributed by atoms with E-state index in [9.17, 15) is 4.79 Å². The third-order valence-electron chi connectivity index (χ3n) is 4.65. The molecule has 0 aromatic carbocycles. The molecule has 1 fully saturated rings. The molecular weight excluding hydrogens is 308 g/mol. The van der Waals surface area contributed by atoms with Crippen LogP contribution in [0.3, 0.4) is 0 Å². The fourth-order valence-electron chi connectivity index (χ4n) is 3.23. The summed E-state index contributed by atoms with van der Waals surface area (Å²) >= 11 is 1.67. The van der Waals surface area contributed by atoms with Crippen molar-refractivity contribution in [1.29, 1.82) is 0 Å². The quantitative estimate of drug-likeness (QED) is 0.844. The van der Waals surface area contributed by atoms with E-state index in [2.05, 4.69) is 32.9 Å². The van der Waals surface area contributed by atoms with Gasteiger partial charge in [-0.25, -0.2) is 0 Å². The highest BCUT2D eigenvalue weighted by molar-refractivity contribution is 7.07. The highest BCUT2D eigenvalue weighted by atomic mass is 32.1. The average molecular weight is 332 g/mol. The summed E-state index contributed by atoms with van der Waals surface area (Å²) in [5, 5.41) is 8.41. The van der Waals surface area contributed by atoms with Crippen molar-refractivity contribution in [1.82, 2.24) is 19.6 Å². The van der Waals surface area contributed by atoms with Gasteiger partial charge in [0.15, 0.2) is 0 Å². The molecule has 0 radical (unpaired) electrons. The molecule has 0 bridgehead atoms. The number of likely N-dealkylation sites (tertiary alicyclic amines) is 1. The molecule has 0 unspecified atom stereocenters. The van der Waals surface area contributed by atoms with Crippen molar-refractivity contribution in [2.24, 2.45) is 7.05 Å². The van der Waals surface area contributed by atoms with E-state index in [-0.39, 0.29) is 5.91 Å². The van der Waals surface area contributed by atoms with Crippen molar-refractivity contribution >= 4 is 17.2 Å². The predicted molar refractivity (Wildman–Crippen MR) is 92.4 cm³/mol. The second-order valence-corrected chi connectivity index (χ2v) is 7.09. The second kappa shape index (κ2) is 7.27. The minimum Gasteiger partial charge on any atom is -0.340 e.